The molecule has 0 aliphatic carbocycles. The van der Waals surface area contributed by atoms with Crippen LogP contribution < -0.4 is 10.5 Å². The summed E-state index contributed by atoms with van der Waals surface area (Å²) in [7, 11) is 0. The topological polar surface area (TPSA) is 35.2 Å². The van der Waals surface area contributed by atoms with Crippen LogP contribution in [0.15, 0.2) is 30.3 Å². The minimum absolute atomic E-state index is 0.0576. The molecule has 0 saturated heterocycles. The van der Waals surface area contributed by atoms with Crippen molar-refractivity contribution < 1.29 is 4.74 Å². The molecule has 0 bridgehead atoms. The molecule has 0 radical (unpaired) electrons. The average molecular weight is 324 g/mol. The van der Waals surface area contributed by atoms with Gasteiger partial charge in [-0.15, -0.1) is 0 Å². The van der Waals surface area contributed by atoms with Crippen LogP contribution in [0.4, 0.5) is 0 Å². The van der Waals surface area contributed by atoms with Gasteiger partial charge in [0.2, 0.25) is 0 Å². The molecule has 0 amide bonds. The van der Waals surface area contributed by atoms with E-state index in [2.05, 4.69) is 0 Å². The van der Waals surface area contributed by atoms with Crippen LogP contribution in [0.3, 0.4) is 0 Å². The largest absolute Gasteiger partial charge is 0.457 e. The molecule has 1 unspecified atom stereocenters. The van der Waals surface area contributed by atoms with Crippen LogP contribution in [0.1, 0.15) is 23.6 Å². The molecule has 2 aromatic carbocycles. The lowest BCUT2D eigenvalue weighted by molar-refractivity contribution is 0.473. The molecule has 2 N–H and O–H groups in total. The van der Waals surface area contributed by atoms with Gasteiger partial charge in [-0.3, -0.25) is 0 Å². The summed E-state index contributed by atoms with van der Waals surface area (Å²) in [6, 6.07) is 9.53. The van der Waals surface area contributed by atoms with Crippen LogP contribution in [0.5, 0.6) is 11.5 Å². The molecule has 0 fully saturated rings. The summed E-state index contributed by atoms with van der Waals surface area (Å²) in [5.74, 6) is 1.49. The van der Waals surface area contributed by atoms with Gasteiger partial charge in [-0.1, -0.05) is 29.3 Å². The van der Waals surface area contributed by atoms with Crippen molar-refractivity contribution in [2.24, 2.45) is 5.73 Å². The fourth-order valence-electron chi connectivity index (χ4n) is 2.23. The number of hydrogen-bond acceptors (Lipinski definition) is 2. The first-order valence-corrected chi connectivity index (χ1v) is 7.61. The Morgan fingerprint density at radius 2 is 1.71 bits per heavy atom. The maximum Gasteiger partial charge on any atom is 0.132 e. The third-order valence-electron chi connectivity index (χ3n) is 3.21. The second kappa shape index (κ2) is 6.69. The third kappa shape index (κ3) is 4.13. The van der Waals surface area contributed by atoms with E-state index in [4.69, 9.17) is 33.7 Å². The van der Waals surface area contributed by atoms with Gasteiger partial charge < -0.3 is 10.5 Å². The van der Waals surface area contributed by atoms with Gasteiger partial charge in [-0.2, -0.15) is 0 Å². The van der Waals surface area contributed by atoms with Crippen LogP contribution in [-0.4, -0.2) is 6.04 Å². The monoisotopic (exact) mass is 323 g/mol. The smallest absolute Gasteiger partial charge is 0.132 e. The molecular weight excluding hydrogens is 305 g/mol. The Morgan fingerprint density at radius 1 is 1.10 bits per heavy atom. The predicted octanol–water partition coefficient (Wildman–Crippen LogP) is 5.29. The SMILES string of the molecule is Cc1cc(Oc2cc(Cl)ccc2CC(C)N)cc(C)c1Cl. The summed E-state index contributed by atoms with van der Waals surface area (Å²) < 4.78 is 6.01. The van der Waals surface area contributed by atoms with Gasteiger partial charge >= 0.3 is 0 Å². The standard InChI is InChI=1S/C17H19Cl2NO/c1-10-6-15(7-11(2)17(10)19)21-16-9-14(18)5-4-13(16)8-12(3)20/h4-7,9,12H,8,20H2,1-3H3. The van der Waals surface area contributed by atoms with Crippen molar-refractivity contribution in [3.05, 3.63) is 57.1 Å². The number of ether oxygens (including phenoxy) is 1. The fraction of sp³-hybridized carbons (Fsp3) is 0.294. The summed E-state index contributed by atoms with van der Waals surface area (Å²) in [6.07, 6.45) is 0.734. The Bertz CT molecular complexity index is 630. The molecule has 112 valence electrons. The van der Waals surface area contributed by atoms with Crippen molar-refractivity contribution >= 4 is 23.2 Å². The van der Waals surface area contributed by atoms with Crippen molar-refractivity contribution in [1.29, 1.82) is 0 Å². The molecular formula is C17H19Cl2NO. The number of rotatable bonds is 4. The first-order chi connectivity index (χ1) is 9.86. The van der Waals surface area contributed by atoms with E-state index >= 15 is 0 Å². The minimum Gasteiger partial charge on any atom is -0.457 e. The lowest BCUT2D eigenvalue weighted by Crippen LogP contribution is -2.18. The van der Waals surface area contributed by atoms with Crippen LogP contribution in [0.2, 0.25) is 10.0 Å². The van der Waals surface area contributed by atoms with Gasteiger partial charge in [0.05, 0.1) is 0 Å². The normalized spacial score (nSPS) is 12.3. The minimum atomic E-state index is 0.0576. The first-order valence-electron chi connectivity index (χ1n) is 6.85. The molecule has 0 heterocycles. The Kier molecular flexibility index (Phi) is 5.15. The zero-order valence-electron chi connectivity index (χ0n) is 12.4. The van der Waals surface area contributed by atoms with E-state index in [1.165, 1.54) is 0 Å². The Morgan fingerprint density at radius 3 is 2.29 bits per heavy atom. The van der Waals surface area contributed by atoms with E-state index in [9.17, 15) is 0 Å². The zero-order valence-corrected chi connectivity index (χ0v) is 13.9. The van der Waals surface area contributed by atoms with Crippen molar-refractivity contribution in [3.8, 4) is 11.5 Å². The van der Waals surface area contributed by atoms with E-state index in [0.717, 1.165) is 39.6 Å². The lowest BCUT2D eigenvalue weighted by Gasteiger charge is -2.15. The van der Waals surface area contributed by atoms with Gasteiger partial charge in [-0.05, 0) is 68.1 Å². The average Bonchev–Trinajstić information content (AvgIpc) is 2.38. The summed E-state index contributed by atoms with van der Waals surface area (Å²) in [4.78, 5) is 0. The Hall–Kier alpha value is -1.22. The molecule has 1 atom stereocenters. The molecule has 2 nitrogen and oxygen atoms in total. The van der Waals surface area contributed by atoms with Crippen LogP contribution in [0.25, 0.3) is 0 Å². The molecule has 21 heavy (non-hydrogen) atoms. The molecule has 0 aromatic heterocycles. The molecule has 0 aliphatic heterocycles. The third-order valence-corrected chi connectivity index (χ3v) is 4.04. The molecule has 4 heteroatoms. The summed E-state index contributed by atoms with van der Waals surface area (Å²) in [5, 5.41) is 1.41. The van der Waals surface area contributed by atoms with E-state index in [-0.39, 0.29) is 6.04 Å². The number of halogens is 2. The Labute approximate surface area is 135 Å². The molecule has 0 spiro atoms. The summed E-state index contributed by atoms with van der Waals surface area (Å²) in [6.45, 7) is 5.89. The van der Waals surface area contributed by atoms with Gasteiger partial charge in [0, 0.05) is 16.1 Å². The van der Waals surface area contributed by atoms with Crippen LogP contribution in [0, 0.1) is 13.8 Å². The number of benzene rings is 2. The van der Waals surface area contributed by atoms with Crippen molar-refractivity contribution in [3.63, 3.8) is 0 Å². The highest BCUT2D eigenvalue weighted by molar-refractivity contribution is 6.32. The predicted molar refractivity (Wildman–Crippen MR) is 89.8 cm³/mol. The number of nitrogens with two attached hydrogens (primary N) is 1. The second-order valence-corrected chi connectivity index (χ2v) is 6.22. The van der Waals surface area contributed by atoms with Gasteiger partial charge in [0.25, 0.3) is 0 Å². The molecule has 2 aromatic rings. The van der Waals surface area contributed by atoms with Gasteiger partial charge in [-0.25, -0.2) is 0 Å². The maximum atomic E-state index is 6.18. The zero-order chi connectivity index (χ0) is 15.6. The van der Waals surface area contributed by atoms with Crippen molar-refractivity contribution in [2.75, 3.05) is 0 Å². The second-order valence-electron chi connectivity index (χ2n) is 5.41. The summed E-state index contributed by atoms with van der Waals surface area (Å²) >= 11 is 12.3. The fourth-order valence-corrected chi connectivity index (χ4v) is 2.50. The highest BCUT2D eigenvalue weighted by atomic mass is 35.5. The molecule has 2 rings (SSSR count). The first kappa shape index (κ1) is 16.2. The highest BCUT2D eigenvalue weighted by Crippen LogP contribution is 2.32. The van der Waals surface area contributed by atoms with Crippen LogP contribution >= 0.6 is 23.2 Å². The van der Waals surface area contributed by atoms with E-state index in [1.54, 1.807) is 0 Å². The van der Waals surface area contributed by atoms with Crippen molar-refractivity contribution in [1.82, 2.24) is 0 Å². The summed E-state index contributed by atoms with van der Waals surface area (Å²) in [5.41, 5.74) is 8.90. The quantitative estimate of drug-likeness (QED) is 0.829. The van der Waals surface area contributed by atoms with Gasteiger partial charge in [0.15, 0.2) is 0 Å². The van der Waals surface area contributed by atoms with Crippen molar-refractivity contribution in [2.45, 2.75) is 33.2 Å². The number of aryl methyl sites for hydroxylation is 2. The molecule has 0 aliphatic rings. The van der Waals surface area contributed by atoms with E-state index < -0.39 is 0 Å². The van der Waals surface area contributed by atoms with Gasteiger partial charge in [0.1, 0.15) is 11.5 Å². The maximum absolute atomic E-state index is 6.18. The van der Waals surface area contributed by atoms with Crippen LogP contribution in [-0.2, 0) is 6.42 Å². The highest BCUT2D eigenvalue weighted by Gasteiger charge is 2.10. The number of hydrogen-bond donors (Lipinski definition) is 1. The van der Waals surface area contributed by atoms with E-state index in [1.807, 2.05) is 51.1 Å². The van der Waals surface area contributed by atoms with E-state index in [0.29, 0.717) is 5.02 Å². The lowest BCUT2D eigenvalue weighted by atomic mass is 10.1. The molecule has 0 saturated carbocycles. The Balaban J connectivity index is 2.36.